The normalized spacial score (nSPS) is 14.3. The Balaban J connectivity index is 2.68. The topological polar surface area (TPSA) is 39.4 Å². The molecule has 0 N–H and O–H groups in total. The van der Waals surface area contributed by atoms with Gasteiger partial charge in [-0.25, -0.2) is 0 Å². The van der Waals surface area contributed by atoms with Crippen molar-refractivity contribution in [2.24, 2.45) is 0 Å². The maximum atomic E-state index is 14.0. The standard InChI is InChI=1S/C15H7F11O3/c1-28-6-2-3-9-7(4-6)8(27)5-10(29-9)11(16,17)12(18,19)13(20,21)14(22,23)15(24,25)26/h2-5H,1H3. The Hall–Kier alpha value is -2.54. The van der Waals surface area contributed by atoms with Crippen molar-refractivity contribution in [3.05, 3.63) is 40.2 Å². The SMILES string of the molecule is COc1ccc2oc(C(F)(F)C(F)(F)C(F)(F)C(F)(F)C(F)(F)F)cc(=O)c2c1. The molecule has 0 aliphatic rings. The molecule has 2 rings (SSSR count). The first-order valence-corrected chi connectivity index (χ1v) is 7.12. The van der Waals surface area contributed by atoms with E-state index in [1.165, 1.54) is 0 Å². The van der Waals surface area contributed by atoms with Gasteiger partial charge in [0.1, 0.15) is 11.3 Å². The van der Waals surface area contributed by atoms with E-state index in [2.05, 4.69) is 4.42 Å². The van der Waals surface area contributed by atoms with Crippen LogP contribution in [0.3, 0.4) is 0 Å². The Morgan fingerprint density at radius 2 is 1.34 bits per heavy atom. The van der Waals surface area contributed by atoms with E-state index in [9.17, 15) is 53.1 Å². The second kappa shape index (κ2) is 6.49. The van der Waals surface area contributed by atoms with E-state index in [4.69, 9.17) is 4.74 Å². The fourth-order valence-corrected chi connectivity index (χ4v) is 2.14. The van der Waals surface area contributed by atoms with Gasteiger partial charge in [-0.2, -0.15) is 48.3 Å². The molecule has 29 heavy (non-hydrogen) atoms. The molecule has 1 aromatic heterocycles. The molecular formula is C15H7F11O3. The largest absolute Gasteiger partial charge is 0.497 e. The second-order valence-electron chi connectivity index (χ2n) is 5.63. The molecule has 1 aromatic carbocycles. The number of benzene rings is 1. The van der Waals surface area contributed by atoms with Gasteiger partial charge in [-0.1, -0.05) is 0 Å². The monoisotopic (exact) mass is 444 g/mol. The minimum atomic E-state index is -7.60. The van der Waals surface area contributed by atoms with Crippen molar-refractivity contribution in [3.63, 3.8) is 0 Å². The van der Waals surface area contributed by atoms with Gasteiger partial charge in [0.25, 0.3) is 0 Å². The molecule has 0 atom stereocenters. The van der Waals surface area contributed by atoms with Gasteiger partial charge < -0.3 is 9.15 Å². The van der Waals surface area contributed by atoms with Gasteiger partial charge in [0, 0.05) is 6.07 Å². The highest BCUT2D eigenvalue weighted by atomic mass is 19.4. The van der Waals surface area contributed by atoms with Crippen LogP contribution in [0, 0.1) is 0 Å². The molecule has 0 unspecified atom stereocenters. The van der Waals surface area contributed by atoms with Crippen molar-refractivity contribution in [2.75, 3.05) is 7.11 Å². The van der Waals surface area contributed by atoms with Gasteiger partial charge in [0.05, 0.1) is 12.5 Å². The summed E-state index contributed by atoms with van der Waals surface area (Å²) in [5, 5.41) is -0.542. The zero-order valence-corrected chi connectivity index (χ0v) is 13.7. The lowest BCUT2D eigenvalue weighted by Gasteiger charge is -2.36. The summed E-state index contributed by atoms with van der Waals surface area (Å²) >= 11 is 0. The third-order valence-corrected chi connectivity index (χ3v) is 3.78. The quantitative estimate of drug-likeness (QED) is 0.583. The number of methoxy groups -OCH3 is 1. The van der Waals surface area contributed by atoms with Crippen LogP contribution in [0.1, 0.15) is 5.76 Å². The number of halogens is 11. The van der Waals surface area contributed by atoms with Gasteiger partial charge in [-0.05, 0) is 18.2 Å². The maximum absolute atomic E-state index is 14.0. The summed E-state index contributed by atoms with van der Waals surface area (Å²) in [5.74, 6) is -31.4. The summed E-state index contributed by atoms with van der Waals surface area (Å²) in [6.45, 7) is 0. The molecule has 0 saturated heterocycles. The van der Waals surface area contributed by atoms with Gasteiger partial charge in [0.2, 0.25) is 0 Å². The third kappa shape index (κ3) is 3.17. The predicted octanol–water partition coefficient (Wildman–Crippen LogP) is 5.36. The van der Waals surface area contributed by atoms with Crippen molar-refractivity contribution < 1.29 is 57.4 Å². The van der Waals surface area contributed by atoms with E-state index >= 15 is 0 Å². The summed E-state index contributed by atoms with van der Waals surface area (Å²) in [6.07, 6.45) is -7.28. The van der Waals surface area contributed by atoms with E-state index in [-0.39, 0.29) is 5.75 Å². The first-order chi connectivity index (χ1) is 12.9. The molecule has 0 aliphatic heterocycles. The van der Waals surface area contributed by atoms with Crippen LogP contribution in [-0.2, 0) is 5.92 Å². The van der Waals surface area contributed by atoms with Gasteiger partial charge >= 0.3 is 29.9 Å². The highest BCUT2D eigenvalue weighted by molar-refractivity contribution is 5.78. The highest BCUT2D eigenvalue weighted by Gasteiger charge is 2.87. The highest BCUT2D eigenvalue weighted by Crippen LogP contribution is 2.59. The molecule has 3 nitrogen and oxygen atoms in total. The summed E-state index contributed by atoms with van der Waals surface area (Å²) < 4.78 is 153. The number of alkyl halides is 11. The molecule has 0 aliphatic carbocycles. The number of ether oxygens (including phenoxy) is 1. The van der Waals surface area contributed by atoms with Crippen LogP contribution in [0.25, 0.3) is 11.0 Å². The van der Waals surface area contributed by atoms with Gasteiger partial charge in [-0.3, -0.25) is 4.79 Å². The van der Waals surface area contributed by atoms with Crippen LogP contribution in [0.4, 0.5) is 48.3 Å². The van der Waals surface area contributed by atoms with Crippen molar-refractivity contribution in [1.82, 2.24) is 0 Å². The second-order valence-corrected chi connectivity index (χ2v) is 5.63. The van der Waals surface area contributed by atoms with E-state index < -0.39 is 58.1 Å². The average molecular weight is 444 g/mol. The average Bonchev–Trinajstić information content (AvgIpc) is 2.59. The fraction of sp³-hybridized carbons (Fsp3) is 0.400. The lowest BCUT2D eigenvalue weighted by molar-refractivity contribution is -0.426. The van der Waals surface area contributed by atoms with Gasteiger partial charge in [-0.15, -0.1) is 0 Å². The van der Waals surface area contributed by atoms with E-state index in [1.54, 1.807) is 0 Å². The Morgan fingerprint density at radius 3 is 1.83 bits per heavy atom. The van der Waals surface area contributed by atoms with E-state index in [0.29, 0.717) is 0 Å². The molecule has 0 radical (unpaired) electrons. The molecule has 0 fully saturated rings. The van der Waals surface area contributed by atoms with Crippen LogP contribution < -0.4 is 10.2 Å². The lowest BCUT2D eigenvalue weighted by atomic mass is 9.96. The molecule has 14 heteroatoms. The molecular weight excluding hydrogens is 437 g/mol. The third-order valence-electron chi connectivity index (χ3n) is 3.78. The van der Waals surface area contributed by atoms with E-state index in [1.807, 2.05) is 0 Å². The van der Waals surface area contributed by atoms with Gasteiger partial charge in [0.15, 0.2) is 11.2 Å². The zero-order chi connectivity index (χ0) is 22.6. The summed E-state index contributed by atoms with van der Waals surface area (Å²) in [6, 6.07) is 2.19. The van der Waals surface area contributed by atoms with Crippen molar-refractivity contribution in [3.8, 4) is 5.75 Å². The minimum absolute atomic E-state index is 0.0222. The Bertz CT molecular complexity index is 976. The maximum Gasteiger partial charge on any atom is 0.460 e. The van der Waals surface area contributed by atoms with Crippen LogP contribution >= 0.6 is 0 Å². The number of hydrogen-bond acceptors (Lipinski definition) is 3. The lowest BCUT2D eigenvalue weighted by Crippen LogP contribution is -2.65. The minimum Gasteiger partial charge on any atom is -0.497 e. The summed E-state index contributed by atoms with van der Waals surface area (Å²) in [7, 11) is 1.13. The zero-order valence-electron chi connectivity index (χ0n) is 13.7. The summed E-state index contributed by atoms with van der Waals surface area (Å²) in [4.78, 5) is 11.8. The van der Waals surface area contributed by atoms with Crippen molar-refractivity contribution in [2.45, 2.75) is 29.9 Å². The molecule has 162 valence electrons. The molecule has 1 heterocycles. The van der Waals surface area contributed by atoms with Crippen LogP contribution in [0.2, 0.25) is 0 Å². The summed E-state index contributed by atoms with van der Waals surface area (Å²) in [5.41, 5.74) is -2.36. The molecule has 0 spiro atoms. The van der Waals surface area contributed by atoms with Crippen LogP contribution in [0.5, 0.6) is 5.75 Å². The molecule has 0 amide bonds. The van der Waals surface area contributed by atoms with Crippen LogP contribution in [-0.4, -0.2) is 31.1 Å². The first-order valence-electron chi connectivity index (χ1n) is 7.12. The molecule has 0 saturated carbocycles. The Morgan fingerprint density at radius 1 is 0.793 bits per heavy atom. The predicted molar refractivity (Wildman–Crippen MR) is 73.8 cm³/mol. The number of fused-ring (bicyclic) bond motifs is 1. The smallest absolute Gasteiger partial charge is 0.460 e. The van der Waals surface area contributed by atoms with Crippen LogP contribution in [0.15, 0.2) is 33.5 Å². The Kier molecular flexibility index (Phi) is 5.09. The number of hydrogen-bond donors (Lipinski definition) is 0. The van der Waals surface area contributed by atoms with Crippen molar-refractivity contribution >= 4 is 11.0 Å². The van der Waals surface area contributed by atoms with Crippen molar-refractivity contribution in [1.29, 1.82) is 0 Å². The molecule has 2 aromatic rings. The molecule has 0 bridgehead atoms. The fourth-order valence-electron chi connectivity index (χ4n) is 2.14. The Labute approximate surface area is 152 Å². The first kappa shape index (κ1) is 22.7. The van der Waals surface area contributed by atoms with E-state index in [0.717, 1.165) is 25.3 Å². The number of rotatable bonds is 5.